The van der Waals surface area contributed by atoms with Crippen molar-refractivity contribution in [3.8, 4) is 11.5 Å². The first kappa shape index (κ1) is 30.4. The molecule has 3 aromatic carbocycles. The van der Waals surface area contributed by atoms with Crippen LogP contribution in [0.3, 0.4) is 0 Å². The molecule has 1 N–H and O–H groups in total. The van der Waals surface area contributed by atoms with Crippen LogP contribution in [0.15, 0.2) is 95.0 Å². The number of carbonyl (C=O) groups is 4. The van der Waals surface area contributed by atoms with Crippen LogP contribution >= 0.6 is 15.9 Å². The van der Waals surface area contributed by atoms with Crippen molar-refractivity contribution in [3.05, 3.63) is 112 Å². The summed E-state index contributed by atoms with van der Waals surface area (Å²) < 4.78 is 5.95. The lowest BCUT2D eigenvalue weighted by molar-refractivity contribution is -0.140. The lowest BCUT2D eigenvalue weighted by atomic mass is 9.44. The monoisotopic (exact) mass is 679 g/mol. The Balaban J connectivity index is 1.52. The summed E-state index contributed by atoms with van der Waals surface area (Å²) in [5.74, 6) is -3.63. The van der Waals surface area contributed by atoms with Crippen molar-refractivity contribution in [2.45, 2.75) is 37.5 Å². The summed E-state index contributed by atoms with van der Waals surface area (Å²) in [6.45, 7) is 2.30. The van der Waals surface area contributed by atoms with Gasteiger partial charge in [0.1, 0.15) is 0 Å². The van der Waals surface area contributed by atoms with Gasteiger partial charge in [-0.15, -0.1) is 0 Å². The van der Waals surface area contributed by atoms with Crippen molar-refractivity contribution in [1.82, 2.24) is 4.90 Å². The third kappa shape index (κ3) is 4.29. The molecule has 1 heterocycles. The Morgan fingerprint density at radius 2 is 1.65 bits per heavy atom. The van der Waals surface area contributed by atoms with Gasteiger partial charge in [-0.05, 0) is 76.0 Å². The molecule has 0 radical (unpaired) electrons. The summed E-state index contributed by atoms with van der Waals surface area (Å²) in [5.41, 5.74) is 1.92. The average Bonchev–Trinajstić information content (AvgIpc) is 3.32. The SMILES string of the molecule is CCCN1C(=O)[C@H]2[C@H](CC=C3[C@H]2C[C@H]2C(=O)C(c4ccccc4)=CC(=O)[C@@]2(c2ccccc2)[C@H]3c2cc(Br)c(O)c(OC)c2)C1=O. The number of fused-ring (bicyclic) bond motifs is 4. The molecule has 0 spiro atoms. The number of carbonyl (C=O) groups excluding carboxylic acids is 4. The van der Waals surface area contributed by atoms with Gasteiger partial charge >= 0.3 is 0 Å². The number of phenols is 1. The molecule has 0 unspecified atom stereocenters. The van der Waals surface area contributed by atoms with Gasteiger partial charge in [-0.3, -0.25) is 24.1 Å². The lowest BCUT2D eigenvalue weighted by Crippen LogP contribution is -2.58. The largest absolute Gasteiger partial charge is 0.503 e. The number of hydrogen-bond donors (Lipinski definition) is 1. The topological polar surface area (TPSA) is 101 Å². The van der Waals surface area contributed by atoms with Crippen LogP contribution in [-0.2, 0) is 24.6 Å². The molecule has 234 valence electrons. The number of phenolic OH excluding ortho intramolecular Hbond substituents is 1. The average molecular weight is 681 g/mol. The summed E-state index contributed by atoms with van der Waals surface area (Å²) >= 11 is 3.49. The number of Topliss-reactive ketones (excluding diaryl/α,β-unsaturated/α-hetero) is 1. The van der Waals surface area contributed by atoms with E-state index >= 15 is 4.79 Å². The van der Waals surface area contributed by atoms with Crippen LogP contribution in [0, 0.1) is 23.7 Å². The molecule has 7 nitrogen and oxygen atoms in total. The predicted molar refractivity (Wildman–Crippen MR) is 176 cm³/mol. The highest BCUT2D eigenvalue weighted by Crippen LogP contribution is 2.64. The quantitative estimate of drug-likeness (QED) is 0.239. The Morgan fingerprint density at radius 1 is 0.957 bits per heavy atom. The third-order valence-electron chi connectivity index (χ3n) is 10.5. The van der Waals surface area contributed by atoms with Gasteiger partial charge in [-0.25, -0.2) is 0 Å². The zero-order chi connectivity index (χ0) is 32.3. The van der Waals surface area contributed by atoms with Gasteiger partial charge in [0.2, 0.25) is 11.8 Å². The molecule has 3 aromatic rings. The standard InChI is InChI=1S/C38H34BrNO6/c1-3-16-40-36(44)25-15-14-24-27(32(25)37(40)45)19-28-34(42)26(21-10-6-4-7-11-21)20-31(41)38(28,23-12-8-5-9-13-23)33(24)22-17-29(39)35(43)30(18-22)46-2/h4-14,17-18,20,25,27-28,32-33,43H,3,15-16,19H2,1-2H3/t25-,27+,28-,32-,33-,38-/m0/s1. The second-order valence-electron chi connectivity index (χ2n) is 12.7. The minimum Gasteiger partial charge on any atom is -0.503 e. The van der Waals surface area contributed by atoms with Crippen LogP contribution in [0.2, 0.25) is 0 Å². The molecule has 6 atom stereocenters. The van der Waals surface area contributed by atoms with Crippen LogP contribution < -0.4 is 4.74 Å². The van der Waals surface area contributed by atoms with Gasteiger partial charge in [0.25, 0.3) is 0 Å². The van der Waals surface area contributed by atoms with E-state index in [1.54, 1.807) is 12.1 Å². The van der Waals surface area contributed by atoms with Crippen molar-refractivity contribution in [2.24, 2.45) is 23.7 Å². The number of halogens is 1. The molecule has 2 amide bonds. The Bertz CT molecular complexity index is 1830. The van der Waals surface area contributed by atoms with Crippen molar-refractivity contribution in [1.29, 1.82) is 0 Å². The Morgan fingerprint density at radius 3 is 2.33 bits per heavy atom. The molecule has 1 aliphatic heterocycles. The van der Waals surface area contributed by atoms with Crippen molar-refractivity contribution >= 4 is 44.9 Å². The molecule has 1 saturated heterocycles. The maximum absolute atomic E-state index is 15.0. The molecule has 4 aliphatic rings. The normalized spacial score (nSPS) is 28.7. The maximum atomic E-state index is 15.0. The van der Waals surface area contributed by atoms with E-state index in [1.807, 2.05) is 73.7 Å². The van der Waals surface area contributed by atoms with Crippen molar-refractivity contribution < 1.29 is 29.0 Å². The number of ether oxygens (including phenoxy) is 1. The fourth-order valence-electron chi connectivity index (χ4n) is 8.67. The van der Waals surface area contributed by atoms with Gasteiger partial charge < -0.3 is 9.84 Å². The molecule has 3 aliphatic carbocycles. The fraction of sp³-hybridized carbons (Fsp3) is 0.316. The van der Waals surface area contributed by atoms with E-state index in [9.17, 15) is 19.5 Å². The molecule has 0 bridgehead atoms. The number of ketones is 2. The molecule has 1 saturated carbocycles. The molecule has 7 rings (SSSR count). The third-order valence-corrected chi connectivity index (χ3v) is 11.1. The minimum atomic E-state index is -1.35. The number of rotatable bonds is 6. The van der Waals surface area contributed by atoms with Crippen LogP contribution in [0.1, 0.15) is 48.8 Å². The van der Waals surface area contributed by atoms with Gasteiger partial charge in [-0.1, -0.05) is 79.2 Å². The van der Waals surface area contributed by atoms with E-state index in [1.165, 1.54) is 18.1 Å². The number of nitrogens with zero attached hydrogens (tertiary/aromatic N) is 1. The first-order valence-electron chi connectivity index (χ1n) is 15.8. The summed E-state index contributed by atoms with van der Waals surface area (Å²) in [7, 11) is 1.46. The summed E-state index contributed by atoms with van der Waals surface area (Å²) in [6.07, 6.45) is 4.82. The Labute approximate surface area is 276 Å². The highest BCUT2D eigenvalue weighted by Gasteiger charge is 2.65. The second kappa shape index (κ2) is 11.5. The maximum Gasteiger partial charge on any atom is 0.233 e. The van der Waals surface area contributed by atoms with Crippen LogP contribution in [-0.4, -0.2) is 47.0 Å². The highest BCUT2D eigenvalue weighted by atomic mass is 79.9. The molecular weight excluding hydrogens is 646 g/mol. The van der Waals surface area contributed by atoms with E-state index in [0.29, 0.717) is 46.1 Å². The van der Waals surface area contributed by atoms with Gasteiger partial charge in [0.15, 0.2) is 23.1 Å². The molecule has 0 aromatic heterocycles. The molecule has 2 fully saturated rings. The fourth-order valence-corrected chi connectivity index (χ4v) is 9.13. The van der Waals surface area contributed by atoms with Crippen molar-refractivity contribution in [2.75, 3.05) is 13.7 Å². The number of imide groups is 1. The van der Waals surface area contributed by atoms with E-state index in [0.717, 1.165) is 5.57 Å². The van der Waals surface area contributed by atoms with Crippen LogP contribution in [0.5, 0.6) is 11.5 Å². The Hall–Kier alpha value is -4.30. The van der Waals surface area contributed by atoms with E-state index in [-0.39, 0.29) is 41.3 Å². The number of amides is 2. The van der Waals surface area contributed by atoms with E-state index in [2.05, 4.69) is 15.9 Å². The highest BCUT2D eigenvalue weighted by molar-refractivity contribution is 9.10. The van der Waals surface area contributed by atoms with E-state index in [4.69, 9.17) is 4.74 Å². The first-order valence-corrected chi connectivity index (χ1v) is 16.6. The number of methoxy groups -OCH3 is 1. The lowest BCUT2D eigenvalue weighted by Gasteiger charge is -2.55. The predicted octanol–water partition coefficient (Wildman–Crippen LogP) is 6.40. The summed E-state index contributed by atoms with van der Waals surface area (Å²) in [5, 5.41) is 10.8. The van der Waals surface area contributed by atoms with Gasteiger partial charge in [-0.2, -0.15) is 0 Å². The Kier molecular flexibility index (Phi) is 7.59. The molecular formula is C38H34BrNO6. The number of allylic oxidation sites excluding steroid dienone is 4. The van der Waals surface area contributed by atoms with Crippen LogP contribution in [0.4, 0.5) is 0 Å². The zero-order valence-corrected chi connectivity index (χ0v) is 27.2. The number of aromatic hydroxyl groups is 1. The zero-order valence-electron chi connectivity index (χ0n) is 25.6. The summed E-state index contributed by atoms with van der Waals surface area (Å²) in [6, 6.07) is 22.1. The molecule has 8 heteroatoms. The smallest absolute Gasteiger partial charge is 0.233 e. The van der Waals surface area contributed by atoms with E-state index < -0.39 is 35.0 Å². The minimum absolute atomic E-state index is 0.0781. The first-order chi connectivity index (χ1) is 22.2. The molecule has 46 heavy (non-hydrogen) atoms. The summed E-state index contributed by atoms with van der Waals surface area (Å²) in [4.78, 5) is 58.9. The van der Waals surface area contributed by atoms with Crippen molar-refractivity contribution in [3.63, 3.8) is 0 Å². The number of hydrogen-bond acceptors (Lipinski definition) is 6. The number of benzene rings is 3. The van der Waals surface area contributed by atoms with Crippen LogP contribution in [0.25, 0.3) is 5.57 Å². The van der Waals surface area contributed by atoms with Gasteiger partial charge in [0.05, 0.1) is 28.8 Å². The van der Waals surface area contributed by atoms with Gasteiger partial charge in [0, 0.05) is 24.0 Å². The second-order valence-corrected chi connectivity index (χ2v) is 13.5. The number of likely N-dealkylation sites (tertiary alicyclic amines) is 1.